The molecule has 0 aromatic rings. The second kappa shape index (κ2) is 5.23. The Balaban J connectivity index is 2.14. The van der Waals surface area contributed by atoms with Crippen molar-refractivity contribution < 1.29 is 4.79 Å². The first-order valence-corrected chi connectivity index (χ1v) is 6.49. The fourth-order valence-corrected chi connectivity index (χ4v) is 2.65. The Morgan fingerprint density at radius 3 is 3.18 bits per heavy atom. The molecule has 3 nitrogen and oxygen atoms in total. The molecule has 0 fully saturated rings. The first-order valence-electron chi connectivity index (χ1n) is 5.57. The predicted octanol–water partition coefficient (Wildman–Crippen LogP) is 2.25. The lowest BCUT2D eigenvalue weighted by Crippen LogP contribution is -2.38. The number of hydrogen-bond donors (Lipinski definition) is 1. The topological polar surface area (TPSA) is 41.5 Å². The molecule has 0 saturated carbocycles. The smallest absolute Gasteiger partial charge is 0.235 e. The summed E-state index contributed by atoms with van der Waals surface area (Å²) in [6.45, 7) is 1.95. The first-order chi connectivity index (χ1) is 8.11. The molecule has 0 radical (unpaired) electrons. The largest absolute Gasteiger partial charge is 0.349 e. The highest BCUT2D eigenvalue weighted by Gasteiger charge is 2.32. The molecule has 1 aliphatic carbocycles. The van der Waals surface area contributed by atoms with E-state index in [1.54, 1.807) is 0 Å². The lowest BCUT2D eigenvalue weighted by molar-refractivity contribution is -0.119. The lowest BCUT2D eigenvalue weighted by atomic mass is 9.83. The van der Waals surface area contributed by atoms with Crippen LogP contribution in [0.5, 0.6) is 0 Å². The zero-order valence-electron chi connectivity index (χ0n) is 9.49. The maximum absolute atomic E-state index is 11.3. The van der Waals surface area contributed by atoms with Gasteiger partial charge in [0, 0.05) is 23.2 Å². The van der Waals surface area contributed by atoms with Gasteiger partial charge in [-0.2, -0.15) is 0 Å². The highest BCUT2D eigenvalue weighted by atomic mass is 35.5. The molecular weight excluding hydrogens is 259 g/mol. The standard InChI is InChI=1S/C12H14Cl2N2O/c1-7(16-12(17)6-13)10-4-8(14)5-11-9(10)2-3-15-11/h3-5,7,9,11H,2,6H2,1H3,(H,16,17). The van der Waals surface area contributed by atoms with Crippen LogP contribution in [-0.2, 0) is 4.79 Å². The van der Waals surface area contributed by atoms with Crippen LogP contribution in [0.15, 0.2) is 27.7 Å². The quantitative estimate of drug-likeness (QED) is 0.787. The van der Waals surface area contributed by atoms with Crippen molar-refractivity contribution in [1.29, 1.82) is 0 Å². The van der Waals surface area contributed by atoms with Gasteiger partial charge >= 0.3 is 0 Å². The van der Waals surface area contributed by atoms with Crippen molar-refractivity contribution in [3.63, 3.8) is 0 Å². The van der Waals surface area contributed by atoms with Crippen molar-refractivity contribution in [1.82, 2.24) is 5.32 Å². The van der Waals surface area contributed by atoms with Crippen LogP contribution in [0.3, 0.4) is 0 Å². The van der Waals surface area contributed by atoms with Gasteiger partial charge < -0.3 is 5.32 Å². The molecule has 3 unspecified atom stereocenters. The maximum atomic E-state index is 11.3. The minimum atomic E-state index is -0.166. The number of nitrogens with one attached hydrogen (secondary N) is 1. The molecule has 3 atom stereocenters. The molecule has 2 rings (SSSR count). The van der Waals surface area contributed by atoms with E-state index in [2.05, 4.69) is 10.3 Å². The van der Waals surface area contributed by atoms with Crippen LogP contribution in [0.1, 0.15) is 13.3 Å². The van der Waals surface area contributed by atoms with Crippen LogP contribution in [-0.4, -0.2) is 30.1 Å². The molecular formula is C12H14Cl2N2O. The summed E-state index contributed by atoms with van der Waals surface area (Å²) in [4.78, 5) is 15.7. The number of allylic oxidation sites excluding steroid dienone is 2. The summed E-state index contributed by atoms with van der Waals surface area (Å²) in [5.74, 6) is 0.135. The number of rotatable bonds is 3. The van der Waals surface area contributed by atoms with Crippen LogP contribution in [0, 0.1) is 5.92 Å². The zero-order chi connectivity index (χ0) is 12.4. The van der Waals surface area contributed by atoms with Gasteiger partial charge in [-0.25, -0.2) is 0 Å². The molecule has 0 aromatic carbocycles. The van der Waals surface area contributed by atoms with Crippen molar-refractivity contribution in [2.75, 3.05) is 5.88 Å². The molecule has 5 heteroatoms. The molecule has 0 spiro atoms. The van der Waals surface area contributed by atoms with Crippen molar-refractivity contribution in [3.05, 3.63) is 22.8 Å². The zero-order valence-corrected chi connectivity index (χ0v) is 11.0. The third-order valence-electron chi connectivity index (χ3n) is 3.11. The highest BCUT2D eigenvalue weighted by molar-refractivity contribution is 6.31. The van der Waals surface area contributed by atoms with Crippen LogP contribution < -0.4 is 5.32 Å². The summed E-state index contributed by atoms with van der Waals surface area (Å²) in [5, 5.41) is 3.54. The molecule has 1 amide bonds. The van der Waals surface area contributed by atoms with E-state index < -0.39 is 0 Å². The molecule has 0 aromatic heterocycles. The van der Waals surface area contributed by atoms with E-state index in [9.17, 15) is 4.79 Å². The van der Waals surface area contributed by atoms with E-state index in [0.29, 0.717) is 11.0 Å². The first kappa shape index (κ1) is 12.7. The third kappa shape index (κ3) is 2.72. The number of aliphatic imine (C=N–C) groups is 1. The summed E-state index contributed by atoms with van der Waals surface area (Å²) >= 11 is 11.5. The highest BCUT2D eigenvalue weighted by Crippen LogP contribution is 2.34. The van der Waals surface area contributed by atoms with Crippen molar-refractivity contribution in [3.8, 4) is 0 Å². The predicted molar refractivity (Wildman–Crippen MR) is 70.7 cm³/mol. The molecule has 17 heavy (non-hydrogen) atoms. The molecule has 0 bridgehead atoms. The van der Waals surface area contributed by atoms with Gasteiger partial charge in [0.2, 0.25) is 5.91 Å². The fraction of sp³-hybridized carbons (Fsp3) is 0.500. The third-order valence-corrected chi connectivity index (χ3v) is 3.59. The average Bonchev–Trinajstić information content (AvgIpc) is 2.75. The summed E-state index contributed by atoms with van der Waals surface area (Å²) in [6.07, 6.45) is 6.70. The number of halogens is 2. The van der Waals surface area contributed by atoms with E-state index in [1.807, 2.05) is 25.3 Å². The molecule has 1 aliphatic heterocycles. The Labute approximate surface area is 111 Å². The lowest BCUT2D eigenvalue weighted by Gasteiger charge is -2.28. The average molecular weight is 273 g/mol. The van der Waals surface area contributed by atoms with Gasteiger partial charge in [0.25, 0.3) is 0 Å². The molecule has 1 heterocycles. The van der Waals surface area contributed by atoms with Crippen molar-refractivity contribution in [2.45, 2.75) is 25.4 Å². The van der Waals surface area contributed by atoms with E-state index in [0.717, 1.165) is 12.0 Å². The van der Waals surface area contributed by atoms with Gasteiger partial charge in [0.1, 0.15) is 5.88 Å². The van der Waals surface area contributed by atoms with Gasteiger partial charge in [-0.15, -0.1) is 11.6 Å². The number of carbonyl (C=O) groups excluding carboxylic acids is 1. The summed E-state index contributed by atoms with van der Waals surface area (Å²) in [6, 6.07) is 0.0655. The van der Waals surface area contributed by atoms with Gasteiger partial charge in [-0.3, -0.25) is 9.79 Å². The molecule has 92 valence electrons. The SMILES string of the molecule is CC(NC(=O)CCl)C1=CC(Cl)=CC2N=CCC12. The van der Waals surface area contributed by atoms with E-state index in [1.165, 1.54) is 0 Å². The van der Waals surface area contributed by atoms with E-state index >= 15 is 0 Å². The van der Waals surface area contributed by atoms with Crippen LogP contribution in [0.4, 0.5) is 0 Å². The second-order valence-electron chi connectivity index (χ2n) is 4.28. The Hall–Kier alpha value is -0.800. The summed E-state index contributed by atoms with van der Waals surface area (Å²) in [7, 11) is 0. The van der Waals surface area contributed by atoms with Crippen LogP contribution in [0.2, 0.25) is 0 Å². The van der Waals surface area contributed by atoms with Crippen LogP contribution in [0.25, 0.3) is 0 Å². The summed E-state index contributed by atoms with van der Waals surface area (Å²) < 4.78 is 0. The van der Waals surface area contributed by atoms with Gasteiger partial charge in [0.05, 0.1) is 6.04 Å². The molecule has 0 saturated heterocycles. The second-order valence-corrected chi connectivity index (χ2v) is 4.99. The number of nitrogens with zero attached hydrogens (tertiary/aromatic N) is 1. The number of hydrogen-bond acceptors (Lipinski definition) is 2. The van der Waals surface area contributed by atoms with Crippen molar-refractivity contribution in [2.24, 2.45) is 10.9 Å². The molecule has 1 N–H and O–H groups in total. The normalized spacial score (nSPS) is 28.2. The van der Waals surface area contributed by atoms with Crippen LogP contribution >= 0.6 is 23.2 Å². The minimum Gasteiger partial charge on any atom is -0.349 e. The van der Waals surface area contributed by atoms with E-state index in [4.69, 9.17) is 23.2 Å². The van der Waals surface area contributed by atoms with Gasteiger partial charge in [-0.05, 0) is 31.1 Å². The summed E-state index contributed by atoms with van der Waals surface area (Å²) in [5.41, 5.74) is 1.12. The van der Waals surface area contributed by atoms with Gasteiger partial charge in [0.15, 0.2) is 0 Å². The van der Waals surface area contributed by atoms with Crippen molar-refractivity contribution >= 4 is 35.3 Å². The van der Waals surface area contributed by atoms with Gasteiger partial charge in [-0.1, -0.05) is 11.6 Å². The fourth-order valence-electron chi connectivity index (χ4n) is 2.32. The Morgan fingerprint density at radius 1 is 1.71 bits per heavy atom. The monoisotopic (exact) mass is 272 g/mol. The number of alkyl halides is 1. The Bertz CT molecular complexity index is 415. The number of carbonyl (C=O) groups is 1. The minimum absolute atomic E-state index is 0.0220. The number of amides is 1. The van der Waals surface area contributed by atoms with E-state index in [-0.39, 0.29) is 23.9 Å². The Kier molecular flexibility index (Phi) is 3.89. The Morgan fingerprint density at radius 2 is 2.47 bits per heavy atom. The molecule has 2 aliphatic rings. The number of fused-ring (bicyclic) bond motifs is 1. The maximum Gasteiger partial charge on any atom is 0.235 e.